The zero-order valence-corrected chi connectivity index (χ0v) is 11.4. The van der Waals surface area contributed by atoms with Crippen LogP contribution in [0.25, 0.3) is 0 Å². The van der Waals surface area contributed by atoms with Gasteiger partial charge in [-0.3, -0.25) is 0 Å². The molecule has 90 valence electrons. The Kier molecular flexibility index (Phi) is 4.68. The molecule has 2 rings (SSSR count). The van der Waals surface area contributed by atoms with Crippen LogP contribution < -0.4 is 0 Å². The van der Waals surface area contributed by atoms with Gasteiger partial charge in [0, 0.05) is 22.8 Å². The van der Waals surface area contributed by atoms with E-state index in [-0.39, 0.29) is 0 Å². The fourth-order valence-corrected chi connectivity index (χ4v) is 3.64. The Morgan fingerprint density at radius 3 is 2.94 bits per heavy atom. The van der Waals surface area contributed by atoms with Crippen LogP contribution in [0.5, 0.6) is 0 Å². The van der Waals surface area contributed by atoms with Gasteiger partial charge in [0.05, 0.1) is 0 Å². The molecule has 0 radical (unpaired) electrons. The molecule has 1 aliphatic carbocycles. The monoisotopic (exact) mass is 257 g/mol. The average molecular weight is 258 g/mol. The number of likely N-dealkylation sites (N-methyl/N-ethyl adjacent to an activating group) is 1. The Morgan fingerprint density at radius 1 is 1.44 bits per heavy atom. The number of alkyl halides is 1. The molecule has 0 bridgehead atoms. The van der Waals surface area contributed by atoms with Gasteiger partial charge < -0.3 is 4.90 Å². The largest absolute Gasteiger partial charge is 0.302 e. The van der Waals surface area contributed by atoms with Gasteiger partial charge in [-0.1, -0.05) is 18.9 Å². The summed E-state index contributed by atoms with van der Waals surface area (Å²) in [5.41, 5.74) is 0. The lowest BCUT2D eigenvalue weighted by molar-refractivity contribution is 0.198. The third-order valence-electron chi connectivity index (χ3n) is 3.50. The highest BCUT2D eigenvalue weighted by molar-refractivity contribution is 7.09. The van der Waals surface area contributed by atoms with E-state index in [1.54, 1.807) is 0 Å². The molecule has 0 aliphatic heterocycles. The molecule has 0 spiro atoms. The van der Waals surface area contributed by atoms with Gasteiger partial charge in [-0.05, 0) is 37.8 Å². The van der Waals surface area contributed by atoms with Crippen LogP contribution in [-0.2, 0) is 6.42 Å². The molecule has 1 heterocycles. The van der Waals surface area contributed by atoms with Gasteiger partial charge in [-0.15, -0.1) is 22.9 Å². The Hall–Kier alpha value is -0.0500. The number of rotatable bonds is 4. The van der Waals surface area contributed by atoms with Crippen molar-refractivity contribution in [2.75, 3.05) is 13.6 Å². The molecule has 0 aromatic carbocycles. The molecule has 1 aliphatic rings. The maximum atomic E-state index is 6.40. The summed E-state index contributed by atoms with van der Waals surface area (Å²) in [7, 11) is 2.22. The number of halogens is 1. The molecule has 1 saturated carbocycles. The molecule has 3 heteroatoms. The standard InChI is InChI=1S/C13H20ClNS/c1-15(9-8-11-5-4-10-16-11)13-7-3-2-6-12(13)14/h4-5,10,12-13H,2-3,6-9H2,1H3. The predicted molar refractivity (Wildman–Crippen MR) is 72.6 cm³/mol. The summed E-state index contributed by atoms with van der Waals surface area (Å²) in [6.45, 7) is 1.13. The fraction of sp³-hybridized carbons (Fsp3) is 0.692. The van der Waals surface area contributed by atoms with Crippen molar-refractivity contribution in [1.29, 1.82) is 0 Å². The number of hydrogen-bond donors (Lipinski definition) is 0. The molecule has 0 amide bonds. The first-order valence-corrected chi connectivity index (χ1v) is 7.45. The normalized spacial score (nSPS) is 26.2. The van der Waals surface area contributed by atoms with E-state index in [1.807, 2.05) is 11.3 Å². The van der Waals surface area contributed by atoms with Gasteiger partial charge in [-0.2, -0.15) is 0 Å². The van der Waals surface area contributed by atoms with Gasteiger partial charge >= 0.3 is 0 Å². The minimum Gasteiger partial charge on any atom is -0.302 e. The van der Waals surface area contributed by atoms with Crippen molar-refractivity contribution in [2.24, 2.45) is 0 Å². The van der Waals surface area contributed by atoms with Gasteiger partial charge in [0.15, 0.2) is 0 Å². The summed E-state index contributed by atoms with van der Waals surface area (Å²) < 4.78 is 0. The van der Waals surface area contributed by atoms with Crippen LogP contribution in [0.15, 0.2) is 17.5 Å². The summed E-state index contributed by atoms with van der Waals surface area (Å²) in [5.74, 6) is 0. The van der Waals surface area contributed by atoms with E-state index in [0.29, 0.717) is 11.4 Å². The summed E-state index contributed by atoms with van der Waals surface area (Å²) >= 11 is 8.25. The van der Waals surface area contributed by atoms with Gasteiger partial charge in [0.25, 0.3) is 0 Å². The first-order valence-electron chi connectivity index (χ1n) is 6.14. The summed E-state index contributed by atoms with van der Waals surface area (Å²) in [5, 5.41) is 2.52. The topological polar surface area (TPSA) is 3.24 Å². The molecule has 2 unspecified atom stereocenters. The highest BCUT2D eigenvalue weighted by atomic mass is 35.5. The lowest BCUT2D eigenvalue weighted by Crippen LogP contribution is -2.41. The predicted octanol–water partition coefficient (Wildman–Crippen LogP) is 3.77. The second-order valence-electron chi connectivity index (χ2n) is 4.68. The zero-order chi connectivity index (χ0) is 11.4. The molecular formula is C13H20ClNS. The van der Waals surface area contributed by atoms with E-state index in [2.05, 4.69) is 29.5 Å². The van der Waals surface area contributed by atoms with Gasteiger partial charge in [0.2, 0.25) is 0 Å². The number of nitrogens with zero attached hydrogens (tertiary/aromatic N) is 1. The molecule has 1 aromatic heterocycles. The van der Waals surface area contributed by atoms with Crippen molar-refractivity contribution in [1.82, 2.24) is 4.90 Å². The third-order valence-corrected chi connectivity index (χ3v) is 4.95. The Morgan fingerprint density at radius 2 is 2.25 bits per heavy atom. The lowest BCUT2D eigenvalue weighted by atomic mass is 9.94. The number of thiophene rings is 1. The van der Waals surface area contributed by atoms with E-state index >= 15 is 0 Å². The smallest absolute Gasteiger partial charge is 0.0491 e. The van der Waals surface area contributed by atoms with Crippen LogP contribution in [-0.4, -0.2) is 29.9 Å². The molecule has 16 heavy (non-hydrogen) atoms. The van der Waals surface area contributed by atoms with E-state index in [1.165, 1.54) is 30.6 Å². The summed E-state index contributed by atoms with van der Waals surface area (Å²) in [6, 6.07) is 4.94. The van der Waals surface area contributed by atoms with Gasteiger partial charge in [-0.25, -0.2) is 0 Å². The third kappa shape index (κ3) is 3.22. The van der Waals surface area contributed by atoms with Crippen molar-refractivity contribution >= 4 is 22.9 Å². The molecule has 0 saturated heterocycles. The molecular weight excluding hydrogens is 238 g/mol. The van der Waals surface area contributed by atoms with Crippen LogP contribution in [0.2, 0.25) is 0 Å². The van der Waals surface area contributed by atoms with Crippen LogP contribution in [0, 0.1) is 0 Å². The van der Waals surface area contributed by atoms with Crippen LogP contribution in [0.1, 0.15) is 30.6 Å². The van der Waals surface area contributed by atoms with Crippen LogP contribution in [0.4, 0.5) is 0 Å². The molecule has 1 aromatic rings. The van der Waals surface area contributed by atoms with Crippen molar-refractivity contribution in [3.63, 3.8) is 0 Å². The van der Waals surface area contributed by atoms with Crippen LogP contribution in [0.3, 0.4) is 0 Å². The average Bonchev–Trinajstić information content (AvgIpc) is 2.79. The van der Waals surface area contributed by atoms with Crippen LogP contribution >= 0.6 is 22.9 Å². The quantitative estimate of drug-likeness (QED) is 0.743. The van der Waals surface area contributed by atoms with Crippen molar-refractivity contribution in [3.8, 4) is 0 Å². The molecule has 0 N–H and O–H groups in total. The molecule has 1 nitrogen and oxygen atoms in total. The highest BCUT2D eigenvalue weighted by Gasteiger charge is 2.26. The number of hydrogen-bond acceptors (Lipinski definition) is 2. The first kappa shape index (κ1) is 12.4. The summed E-state index contributed by atoms with van der Waals surface area (Å²) in [6.07, 6.45) is 6.28. The first-order chi connectivity index (χ1) is 7.77. The Bertz CT molecular complexity index is 299. The minimum absolute atomic E-state index is 0.363. The van der Waals surface area contributed by atoms with E-state index in [4.69, 9.17) is 11.6 Å². The maximum absolute atomic E-state index is 6.40. The summed E-state index contributed by atoms with van der Waals surface area (Å²) in [4.78, 5) is 3.94. The Balaban J connectivity index is 1.80. The van der Waals surface area contributed by atoms with Crippen molar-refractivity contribution in [3.05, 3.63) is 22.4 Å². The SMILES string of the molecule is CN(CCc1cccs1)C1CCCCC1Cl. The second kappa shape index (κ2) is 6.04. The van der Waals surface area contributed by atoms with Gasteiger partial charge in [0.1, 0.15) is 0 Å². The van der Waals surface area contributed by atoms with E-state index < -0.39 is 0 Å². The molecule has 1 fully saturated rings. The zero-order valence-electron chi connectivity index (χ0n) is 9.86. The Labute approximate surface area is 107 Å². The highest BCUT2D eigenvalue weighted by Crippen LogP contribution is 2.26. The lowest BCUT2D eigenvalue weighted by Gasteiger charge is -2.34. The van der Waals surface area contributed by atoms with Crippen molar-refractivity contribution < 1.29 is 0 Å². The fourth-order valence-electron chi connectivity index (χ4n) is 2.47. The molecule has 2 atom stereocenters. The van der Waals surface area contributed by atoms with E-state index in [0.717, 1.165) is 13.0 Å². The second-order valence-corrected chi connectivity index (χ2v) is 6.27. The van der Waals surface area contributed by atoms with E-state index in [9.17, 15) is 0 Å². The van der Waals surface area contributed by atoms with Crippen molar-refractivity contribution in [2.45, 2.75) is 43.5 Å². The maximum Gasteiger partial charge on any atom is 0.0491 e. The minimum atomic E-state index is 0.363.